The first kappa shape index (κ1) is 45.9. The minimum atomic E-state index is -3.70. The van der Waals surface area contributed by atoms with E-state index in [2.05, 4.69) is 78.7 Å². The number of aliphatic carboxylic acids is 1. The van der Waals surface area contributed by atoms with Gasteiger partial charge >= 0.3 is 11.9 Å². The van der Waals surface area contributed by atoms with Crippen LogP contribution in [0.3, 0.4) is 0 Å². The maximum absolute atomic E-state index is 12.9. The van der Waals surface area contributed by atoms with E-state index in [0.29, 0.717) is 39.9 Å². The van der Waals surface area contributed by atoms with Crippen LogP contribution in [0, 0.1) is 31.6 Å². The van der Waals surface area contributed by atoms with Crippen LogP contribution in [0.4, 0.5) is 0 Å². The van der Waals surface area contributed by atoms with E-state index < -0.39 is 16.0 Å². The van der Waals surface area contributed by atoms with Gasteiger partial charge < -0.3 is 14.8 Å². The highest BCUT2D eigenvalue weighted by atomic mass is 79.9. The molecule has 0 atom stereocenters. The van der Waals surface area contributed by atoms with Crippen molar-refractivity contribution in [3.63, 3.8) is 0 Å². The number of aromatic amines is 1. The monoisotopic (exact) mass is 976 g/mol. The molecule has 21 heteroatoms. The molecule has 0 spiro atoms. The molecule has 8 aromatic heterocycles. The van der Waals surface area contributed by atoms with Crippen molar-refractivity contribution in [1.29, 1.82) is 0 Å². The van der Waals surface area contributed by atoms with Crippen molar-refractivity contribution >= 4 is 83.4 Å². The van der Waals surface area contributed by atoms with Crippen LogP contribution in [-0.2, 0) is 37.4 Å². The molecule has 342 valence electrons. The minimum absolute atomic E-state index is 0.176. The van der Waals surface area contributed by atoms with Crippen molar-refractivity contribution in [2.75, 3.05) is 6.61 Å². The summed E-state index contributed by atoms with van der Waals surface area (Å²) in [6.07, 6.45) is 16.3. The van der Waals surface area contributed by atoms with Gasteiger partial charge in [0.05, 0.1) is 52.2 Å². The summed E-state index contributed by atoms with van der Waals surface area (Å²) >= 11 is 3.40. The van der Waals surface area contributed by atoms with E-state index in [1.165, 1.54) is 33.0 Å². The maximum Gasteiger partial charge on any atom is 0.327 e. The summed E-state index contributed by atoms with van der Waals surface area (Å²) in [5.74, 6) is 0.434. The van der Waals surface area contributed by atoms with E-state index >= 15 is 0 Å². The van der Waals surface area contributed by atoms with E-state index in [-0.39, 0.29) is 24.0 Å². The number of halogens is 1. The number of benzene rings is 1. The Labute approximate surface area is 389 Å². The van der Waals surface area contributed by atoms with E-state index in [0.717, 1.165) is 50.7 Å². The number of nitrogens with one attached hydrogen (secondary N) is 1. The van der Waals surface area contributed by atoms with Crippen LogP contribution in [0.2, 0.25) is 12.6 Å². The highest BCUT2D eigenvalue weighted by Gasteiger charge is 2.48. The van der Waals surface area contributed by atoms with Crippen LogP contribution in [0.25, 0.3) is 44.6 Å². The molecule has 0 bridgehead atoms. The molecule has 1 fully saturated rings. The number of aromatic nitrogens is 12. The van der Waals surface area contributed by atoms with Gasteiger partial charge in [0.2, 0.25) is 0 Å². The first-order valence-corrected chi connectivity index (χ1v) is 23.6. The molecule has 66 heavy (non-hydrogen) atoms. The molecule has 0 unspecified atom stereocenters. The molecule has 1 aliphatic rings. The zero-order valence-corrected chi connectivity index (χ0v) is 40.3. The van der Waals surface area contributed by atoms with E-state index in [1.54, 1.807) is 59.8 Å². The zero-order valence-electron chi connectivity index (χ0n) is 37.9. The lowest BCUT2D eigenvalue weighted by Crippen LogP contribution is -2.26. The first-order chi connectivity index (χ1) is 31.3. The number of carboxylic acid groups (broad SMARTS) is 1. The second kappa shape index (κ2) is 17.7. The van der Waals surface area contributed by atoms with E-state index in [9.17, 15) is 18.0 Å². The van der Waals surface area contributed by atoms with Gasteiger partial charge in [0.15, 0.2) is 18.0 Å². The number of hydrogen-bond acceptors (Lipinski definition) is 11. The van der Waals surface area contributed by atoms with Crippen molar-refractivity contribution in [1.82, 2.24) is 57.3 Å². The Kier molecular flexibility index (Phi) is 12.3. The number of H-pyrrole nitrogens is 1. The lowest BCUT2D eigenvalue weighted by Gasteiger charge is -2.35. The molecule has 18 nitrogen and oxygen atoms in total. The molecule has 10 rings (SSSR count). The van der Waals surface area contributed by atoms with Crippen molar-refractivity contribution in [2.45, 2.75) is 86.0 Å². The van der Waals surface area contributed by atoms with Gasteiger partial charge in [-0.15, -0.1) is 0 Å². The van der Waals surface area contributed by atoms with Crippen LogP contribution in [0.1, 0.15) is 51.8 Å². The predicted molar refractivity (Wildman–Crippen MR) is 255 cm³/mol. The Bertz CT molecular complexity index is 3360. The number of rotatable bonds is 9. The van der Waals surface area contributed by atoms with Crippen LogP contribution in [0.15, 0.2) is 95.5 Å². The lowest BCUT2D eigenvalue weighted by atomic mass is 9.43. The number of nitrogens with zero attached hydrogens (tertiary/aromatic N) is 11. The van der Waals surface area contributed by atoms with Crippen LogP contribution < -0.4 is 5.46 Å². The minimum Gasteiger partial charge on any atom is -0.480 e. The number of aryl methyl sites for hydroxylation is 3. The summed E-state index contributed by atoms with van der Waals surface area (Å²) in [6.45, 7) is 17.9. The average molecular weight is 978 g/mol. The average Bonchev–Trinajstić information content (AvgIpc) is 4.12. The fraction of sp³-hybridized carbons (Fsp3) is 0.333. The molecule has 9 heterocycles. The Balaban J connectivity index is 0.000000135. The molecule has 0 saturated carbocycles. The summed E-state index contributed by atoms with van der Waals surface area (Å²) in [6, 6.07) is 10.5. The molecule has 0 radical (unpaired) electrons. The molecule has 1 saturated heterocycles. The second-order valence-corrected chi connectivity index (χ2v) is 20.3. The summed E-state index contributed by atoms with van der Waals surface area (Å²) in [5, 5.41) is 17.2. The Morgan fingerprint density at radius 1 is 0.818 bits per heavy atom. The summed E-state index contributed by atoms with van der Waals surface area (Å²) in [5.41, 5.74) is 8.89. The standard InChI is InChI=1S/C16H13BrN4O2S.C15H25BN2O2.C14H12N6O2/c1-10-3-5-12(6-4-10)24(22,23)20-8-7-13-16(20)18-9-14-15(17)19-11(2)21(13)14;1-6-20-13(19)9-18-8-12(7-17-18)16-10-14(2,3)15(4,5)11-16;1-8-18-13(9-4-17-19(6-9)7-12(21)22)11-5-16-14-10(20(8)11)2-3-15-14/h3-9H,1-2H3;7-8H,6,9-11H2,1-5H3;2-6,15H,7H2,1H3,(H,21,22). The lowest BCUT2D eigenvalue weighted by molar-refractivity contribution is -0.144. The number of esters is 1. The third kappa shape index (κ3) is 8.75. The van der Waals surface area contributed by atoms with Gasteiger partial charge in [-0.05, 0) is 84.2 Å². The molecule has 1 aliphatic heterocycles. The SMILES string of the molecule is CCOC(=O)Cn1cc(B2CC(C)(C)C(C)(C)C2)cn1.Cc1ccc(S(=O)(=O)n2ccc3c2ncc2c(Br)nc(C)n23)cc1.Cc1nc(-c2cnn(CC(=O)O)c2)c2cnc3[nH]ccc3n12. The number of carboxylic acids is 1. The Morgan fingerprint density at radius 2 is 1.47 bits per heavy atom. The van der Waals surface area contributed by atoms with Crippen molar-refractivity contribution in [2.24, 2.45) is 10.8 Å². The third-order valence-electron chi connectivity index (χ3n) is 12.6. The summed E-state index contributed by atoms with van der Waals surface area (Å²) in [4.78, 5) is 43.2. The van der Waals surface area contributed by atoms with Crippen molar-refractivity contribution in [3.8, 4) is 11.3 Å². The molecular weight excluding hydrogens is 927 g/mol. The van der Waals surface area contributed by atoms with Crippen LogP contribution >= 0.6 is 15.9 Å². The van der Waals surface area contributed by atoms with E-state index in [1.807, 2.05) is 61.2 Å². The number of fused-ring (bicyclic) bond motifs is 6. The molecule has 2 N–H and O–H groups in total. The van der Waals surface area contributed by atoms with Crippen molar-refractivity contribution < 1.29 is 27.9 Å². The zero-order chi connectivity index (χ0) is 47.3. The smallest absolute Gasteiger partial charge is 0.327 e. The largest absolute Gasteiger partial charge is 0.480 e. The van der Waals surface area contributed by atoms with Gasteiger partial charge in [-0.1, -0.05) is 58.0 Å². The van der Waals surface area contributed by atoms with Gasteiger partial charge in [-0.2, -0.15) is 10.2 Å². The van der Waals surface area contributed by atoms with Crippen LogP contribution in [0.5, 0.6) is 0 Å². The van der Waals surface area contributed by atoms with Gasteiger partial charge in [-0.25, -0.2) is 32.3 Å². The molecule has 9 aromatic rings. The topological polar surface area (TPSA) is 214 Å². The quantitative estimate of drug-likeness (QED) is 0.111. The van der Waals surface area contributed by atoms with Gasteiger partial charge in [0.25, 0.3) is 10.0 Å². The van der Waals surface area contributed by atoms with Gasteiger partial charge in [0, 0.05) is 36.5 Å². The van der Waals surface area contributed by atoms with Crippen LogP contribution in [-0.4, -0.2) is 96.0 Å². The highest BCUT2D eigenvalue weighted by molar-refractivity contribution is 9.10. The second-order valence-electron chi connectivity index (χ2n) is 17.7. The molecular formula is C45H50BBrN12O6S. The summed E-state index contributed by atoms with van der Waals surface area (Å²) in [7, 11) is -3.70. The van der Waals surface area contributed by atoms with Crippen molar-refractivity contribution in [3.05, 3.63) is 108 Å². The number of ether oxygens (including phenoxy) is 1. The Hall–Kier alpha value is -6.61. The normalized spacial score (nSPS) is 14.4. The summed E-state index contributed by atoms with van der Waals surface area (Å²) < 4.78 is 39.7. The predicted octanol–water partition coefficient (Wildman–Crippen LogP) is 6.98. The van der Waals surface area contributed by atoms with Gasteiger partial charge in [0.1, 0.15) is 35.0 Å². The van der Waals surface area contributed by atoms with E-state index in [4.69, 9.17) is 9.84 Å². The highest BCUT2D eigenvalue weighted by Crippen LogP contribution is 2.52. The number of carbonyl (C=O) groups is 2. The number of hydrogen-bond donors (Lipinski definition) is 2. The third-order valence-corrected chi connectivity index (χ3v) is 14.8. The fourth-order valence-corrected chi connectivity index (χ4v) is 10.4. The Morgan fingerprint density at radius 3 is 2.17 bits per heavy atom. The van der Waals surface area contributed by atoms with Gasteiger partial charge in [-0.3, -0.25) is 27.8 Å². The fourth-order valence-electron chi connectivity index (χ4n) is 8.53. The molecule has 0 aliphatic carbocycles. The number of imidazole rings is 2. The molecule has 0 amide bonds. The molecule has 1 aromatic carbocycles. The maximum atomic E-state index is 12.9. The first-order valence-electron chi connectivity index (χ1n) is 21.3. The number of carbonyl (C=O) groups excluding carboxylic acids is 1.